The molecule has 0 saturated heterocycles. The van der Waals surface area contributed by atoms with Gasteiger partial charge in [-0.15, -0.1) is 0 Å². The van der Waals surface area contributed by atoms with Crippen molar-refractivity contribution >= 4 is 5.69 Å². The number of nitrogens with zero attached hydrogens (tertiary/aromatic N) is 3. The summed E-state index contributed by atoms with van der Waals surface area (Å²) < 4.78 is 0. The fourth-order valence-corrected chi connectivity index (χ4v) is 2.51. The molecule has 0 unspecified atom stereocenters. The van der Waals surface area contributed by atoms with Gasteiger partial charge in [0.15, 0.2) is 5.57 Å². The van der Waals surface area contributed by atoms with Crippen molar-refractivity contribution in [2.24, 2.45) is 0 Å². The molecule has 1 aromatic rings. The van der Waals surface area contributed by atoms with Gasteiger partial charge in [-0.2, -0.15) is 15.8 Å². The molecule has 0 spiro atoms. The van der Waals surface area contributed by atoms with Crippen LogP contribution >= 0.6 is 0 Å². The van der Waals surface area contributed by atoms with E-state index in [9.17, 15) is 5.26 Å². The zero-order chi connectivity index (χ0) is 18.4. The quantitative estimate of drug-likeness (QED) is 0.747. The number of nitrogens with one attached hydrogen (secondary N) is 1. The SMILES string of the molecule is CC(C)c1cc(C(C)C)c(NC(C#N)=C(C#N)C#N)c(C(C)C)c1. The largest absolute Gasteiger partial charge is 0.345 e. The van der Waals surface area contributed by atoms with Crippen molar-refractivity contribution in [3.63, 3.8) is 0 Å². The molecule has 0 aliphatic carbocycles. The molecule has 0 radical (unpaired) electrons. The number of hydrogen-bond donors (Lipinski definition) is 1. The van der Waals surface area contributed by atoms with E-state index in [0.717, 1.165) is 16.8 Å². The van der Waals surface area contributed by atoms with Gasteiger partial charge >= 0.3 is 0 Å². The van der Waals surface area contributed by atoms with E-state index in [1.54, 1.807) is 12.1 Å². The molecule has 1 aromatic carbocycles. The van der Waals surface area contributed by atoms with Crippen molar-refractivity contribution < 1.29 is 0 Å². The minimum atomic E-state index is -0.199. The summed E-state index contributed by atoms with van der Waals surface area (Å²) in [6.07, 6.45) is 0. The number of benzene rings is 1. The topological polar surface area (TPSA) is 83.4 Å². The number of allylic oxidation sites excluding steroid dienone is 2. The molecule has 124 valence electrons. The Morgan fingerprint density at radius 2 is 1.25 bits per heavy atom. The van der Waals surface area contributed by atoms with E-state index < -0.39 is 0 Å². The van der Waals surface area contributed by atoms with Gasteiger partial charge in [-0.05, 0) is 34.4 Å². The summed E-state index contributed by atoms with van der Waals surface area (Å²) in [5.41, 5.74) is 4.07. The second kappa shape index (κ2) is 8.19. The molecule has 4 heteroatoms. The van der Waals surface area contributed by atoms with Crippen LogP contribution in [0.5, 0.6) is 0 Å². The van der Waals surface area contributed by atoms with Gasteiger partial charge in [0.2, 0.25) is 0 Å². The summed E-state index contributed by atoms with van der Waals surface area (Å²) in [5.74, 6) is 0.890. The van der Waals surface area contributed by atoms with Gasteiger partial charge < -0.3 is 5.32 Å². The summed E-state index contributed by atoms with van der Waals surface area (Å²) >= 11 is 0. The highest BCUT2D eigenvalue weighted by molar-refractivity contribution is 5.67. The van der Waals surface area contributed by atoms with E-state index >= 15 is 0 Å². The Kier molecular flexibility index (Phi) is 6.58. The number of hydrogen-bond acceptors (Lipinski definition) is 4. The second-order valence-electron chi connectivity index (χ2n) is 6.75. The summed E-state index contributed by atoms with van der Waals surface area (Å²) in [7, 11) is 0. The third kappa shape index (κ3) is 4.15. The lowest BCUT2D eigenvalue weighted by Gasteiger charge is -2.23. The van der Waals surface area contributed by atoms with Crippen LogP contribution < -0.4 is 5.32 Å². The van der Waals surface area contributed by atoms with Gasteiger partial charge in [-0.1, -0.05) is 53.7 Å². The average molecular weight is 320 g/mol. The Hall–Kier alpha value is -2.77. The van der Waals surface area contributed by atoms with E-state index in [-0.39, 0.29) is 23.1 Å². The maximum Gasteiger partial charge on any atom is 0.163 e. The first-order valence-electron chi connectivity index (χ1n) is 8.16. The standard InChI is InChI=1S/C20H24N4/c1-12(2)15-7-17(13(3)4)20(18(8-15)14(5)6)24-19(11-23)16(9-21)10-22/h7-8,12-14,24H,1-6H3. The van der Waals surface area contributed by atoms with Crippen LogP contribution in [0, 0.1) is 34.0 Å². The van der Waals surface area contributed by atoms with Gasteiger partial charge in [-0.25, -0.2) is 0 Å². The molecule has 1 N–H and O–H groups in total. The van der Waals surface area contributed by atoms with Crippen LogP contribution in [0.25, 0.3) is 0 Å². The van der Waals surface area contributed by atoms with Crippen molar-refractivity contribution in [1.82, 2.24) is 0 Å². The molecule has 0 fully saturated rings. The summed E-state index contributed by atoms with van der Waals surface area (Å²) in [4.78, 5) is 0. The van der Waals surface area contributed by atoms with Crippen LogP contribution in [-0.2, 0) is 0 Å². The van der Waals surface area contributed by atoms with Crippen LogP contribution in [0.4, 0.5) is 5.69 Å². The highest BCUT2D eigenvalue weighted by atomic mass is 14.9. The third-order valence-electron chi connectivity index (χ3n) is 3.97. The normalized spacial score (nSPS) is 10.2. The predicted octanol–water partition coefficient (Wildman–Crippen LogP) is 5.29. The first kappa shape index (κ1) is 19.3. The molecule has 1 rings (SSSR count). The minimum absolute atomic E-state index is 0.00102. The average Bonchev–Trinajstić information content (AvgIpc) is 2.53. The molecule has 0 bridgehead atoms. The first-order valence-corrected chi connectivity index (χ1v) is 8.16. The molecule has 0 saturated carbocycles. The maximum atomic E-state index is 9.35. The fraction of sp³-hybridized carbons (Fsp3) is 0.450. The molecule has 0 amide bonds. The molecule has 4 nitrogen and oxygen atoms in total. The lowest BCUT2D eigenvalue weighted by atomic mass is 9.87. The molecule has 0 aromatic heterocycles. The fourth-order valence-electron chi connectivity index (χ4n) is 2.51. The van der Waals surface area contributed by atoms with Gasteiger partial charge in [0.25, 0.3) is 0 Å². The van der Waals surface area contributed by atoms with Crippen molar-refractivity contribution in [3.8, 4) is 18.2 Å². The van der Waals surface area contributed by atoms with E-state index in [0.29, 0.717) is 5.92 Å². The molecular weight excluding hydrogens is 296 g/mol. The van der Waals surface area contributed by atoms with Crippen LogP contribution in [0.15, 0.2) is 23.4 Å². The molecular formula is C20H24N4. The molecule has 24 heavy (non-hydrogen) atoms. The summed E-state index contributed by atoms with van der Waals surface area (Å²) in [6.45, 7) is 12.7. The van der Waals surface area contributed by atoms with Crippen LogP contribution in [0.1, 0.15) is 76.0 Å². The van der Waals surface area contributed by atoms with Crippen molar-refractivity contribution in [2.75, 3.05) is 5.32 Å². The van der Waals surface area contributed by atoms with Gasteiger partial charge in [-0.3, -0.25) is 0 Å². The van der Waals surface area contributed by atoms with Gasteiger partial charge in [0, 0.05) is 5.69 Å². The van der Waals surface area contributed by atoms with Crippen molar-refractivity contribution in [1.29, 1.82) is 15.8 Å². The van der Waals surface area contributed by atoms with Crippen LogP contribution in [0.2, 0.25) is 0 Å². The molecule has 0 atom stereocenters. The van der Waals surface area contributed by atoms with E-state index in [1.165, 1.54) is 5.56 Å². The molecule has 0 heterocycles. The smallest absolute Gasteiger partial charge is 0.163 e. The van der Waals surface area contributed by atoms with Crippen molar-refractivity contribution in [3.05, 3.63) is 40.1 Å². The third-order valence-corrected chi connectivity index (χ3v) is 3.97. The first-order chi connectivity index (χ1) is 11.3. The van der Waals surface area contributed by atoms with E-state index in [2.05, 4.69) is 59.0 Å². The Balaban J connectivity index is 3.69. The highest BCUT2D eigenvalue weighted by Gasteiger charge is 2.19. The van der Waals surface area contributed by atoms with Crippen LogP contribution in [-0.4, -0.2) is 0 Å². The Labute approximate surface area is 145 Å². The summed E-state index contributed by atoms with van der Waals surface area (Å²) in [6, 6.07) is 9.81. The Morgan fingerprint density at radius 3 is 1.54 bits per heavy atom. The number of anilines is 1. The van der Waals surface area contributed by atoms with Crippen LogP contribution in [0.3, 0.4) is 0 Å². The molecule has 0 aliphatic heterocycles. The lowest BCUT2D eigenvalue weighted by molar-refractivity contribution is 0.807. The lowest BCUT2D eigenvalue weighted by Crippen LogP contribution is -2.10. The van der Waals surface area contributed by atoms with Crippen molar-refractivity contribution in [2.45, 2.75) is 59.3 Å². The zero-order valence-electron chi connectivity index (χ0n) is 15.2. The monoisotopic (exact) mass is 320 g/mol. The highest BCUT2D eigenvalue weighted by Crippen LogP contribution is 2.36. The Morgan fingerprint density at radius 1 is 0.792 bits per heavy atom. The molecule has 0 aliphatic rings. The number of nitriles is 3. The minimum Gasteiger partial charge on any atom is -0.345 e. The Bertz CT molecular complexity index is 717. The van der Waals surface area contributed by atoms with E-state index in [4.69, 9.17) is 10.5 Å². The maximum absolute atomic E-state index is 9.35. The zero-order valence-corrected chi connectivity index (χ0v) is 15.2. The second-order valence-corrected chi connectivity index (χ2v) is 6.75. The van der Waals surface area contributed by atoms with Gasteiger partial charge in [0.05, 0.1) is 0 Å². The van der Waals surface area contributed by atoms with Gasteiger partial charge in [0.1, 0.15) is 23.9 Å². The number of rotatable bonds is 5. The van der Waals surface area contributed by atoms with E-state index in [1.807, 2.05) is 6.07 Å². The summed E-state index contributed by atoms with van der Waals surface area (Å²) in [5, 5.41) is 30.5. The predicted molar refractivity (Wildman–Crippen MR) is 96.2 cm³/mol.